The van der Waals surface area contributed by atoms with Crippen LogP contribution in [0.15, 0.2) is 30.3 Å². The molecule has 32 heavy (non-hydrogen) atoms. The Bertz CT molecular complexity index is 664. The largest absolute Gasteiger partial charge is 0.480 e. The van der Waals surface area contributed by atoms with Gasteiger partial charge >= 0.3 is 5.97 Å². The molecule has 0 aliphatic heterocycles. The van der Waals surface area contributed by atoms with Crippen molar-refractivity contribution in [2.75, 3.05) is 25.5 Å². The lowest BCUT2D eigenvalue weighted by atomic mass is 9.95. The van der Waals surface area contributed by atoms with Gasteiger partial charge < -0.3 is 20.7 Å². The molecule has 0 aromatic heterocycles. The van der Waals surface area contributed by atoms with Gasteiger partial charge in [-0.3, -0.25) is 9.80 Å². The zero-order valence-corrected chi connectivity index (χ0v) is 20.0. The molecule has 3 unspecified atom stereocenters. The lowest BCUT2D eigenvalue weighted by molar-refractivity contribution is -0.159. The van der Waals surface area contributed by atoms with Gasteiger partial charge in [0, 0.05) is 38.0 Å². The van der Waals surface area contributed by atoms with E-state index in [0.717, 1.165) is 36.3 Å². The normalized spacial score (nSPS) is 15.0. The van der Waals surface area contributed by atoms with Crippen LogP contribution in [-0.4, -0.2) is 64.7 Å². The minimum absolute atomic E-state index is 0.106. The van der Waals surface area contributed by atoms with E-state index in [1.165, 1.54) is 0 Å². The number of amides is 1. The van der Waals surface area contributed by atoms with Gasteiger partial charge in [-0.1, -0.05) is 63.4 Å². The molecule has 0 radical (unpaired) electrons. The van der Waals surface area contributed by atoms with Crippen LogP contribution in [0.1, 0.15) is 57.6 Å². The number of hydrogen-bond donors (Lipinski definition) is 5. The molecule has 4 atom stereocenters. The second-order valence-corrected chi connectivity index (χ2v) is 8.30. The average molecular weight is 470 g/mol. The summed E-state index contributed by atoms with van der Waals surface area (Å²) in [5.41, 5.74) is 9.63. The first-order chi connectivity index (χ1) is 15.4. The molecule has 8 nitrogen and oxygen atoms in total. The predicted molar refractivity (Wildman–Crippen MR) is 128 cm³/mol. The van der Waals surface area contributed by atoms with Crippen LogP contribution in [0.2, 0.25) is 0 Å². The Balaban J connectivity index is 3.10. The number of aliphatic carboxylic acids is 1. The van der Waals surface area contributed by atoms with Crippen LogP contribution in [0.5, 0.6) is 0 Å². The summed E-state index contributed by atoms with van der Waals surface area (Å²) in [4.78, 5) is 25.4. The molecule has 0 aliphatic carbocycles. The lowest BCUT2D eigenvalue weighted by Gasteiger charge is -2.34. The van der Waals surface area contributed by atoms with Crippen molar-refractivity contribution in [1.82, 2.24) is 10.4 Å². The minimum Gasteiger partial charge on any atom is -0.480 e. The van der Waals surface area contributed by atoms with E-state index in [2.05, 4.69) is 25.0 Å². The summed E-state index contributed by atoms with van der Waals surface area (Å²) < 4.78 is 6.15. The number of carboxylic acids is 1. The van der Waals surface area contributed by atoms with Crippen LogP contribution in [0, 0.1) is 5.92 Å². The number of nitrogens with two attached hydrogens (primary N) is 1. The van der Waals surface area contributed by atoms with Crippen LogP contribution < -0.4 is 11.2 Å². The fraction of sp³-hybridized carbons (Fsp3) is 0.652. The highest BCUT2D eigenvalue weighted by atomic mass is 32.1. The van der Waals surface area contributed by atoms with E-state index >= 15 is 0 Å². The van der Waals surface area contributed by atoms with Crippen LogP contribution in [0.25, 0.3) is 0 Å². The molecule has 1 aromatic rings. The standard InChI is InChI=1S/C23H39N3O5S/c1-3-4-5-9-14-31-21(18-10-7-6-8-11-18)17(2)22(28)26(25-15-19(24)16-32)20(12-13-27)23(29)30/h6-8,10-11,17,19-21,25,27,32H,3-5,9,12-16,24H2,1-2H3,(H,29,30)/t17?,19?,20-,21?/m0/s1. The molecular weight excluding hydrogens is 430 g/mol. The number of benzene rings is 1. The van der Waals surface area contributed by atoms with E-state index in [0.29, 0.717) is 12.4 Å². The summed E-state index contributed by atoms with van der Waals surface area (Å²) >= 11 is 4.14. The molecule has 0 aliphatic rings. The SMILES string of the molecule is CCCCCCOC(c1ccccc1)C(C)C(=O)N(NCC(N)CS)[C@@H](CCO)C(=O)O. The van der Waals surface area contributed by atoms with Crippen molar-refractivity contribution in [3.05, 3.63) is 35.9 Å². The highest BCUT2D eigenvalue weighted by Crippen LogP contribution is 2.28. The maximum atomic E-state index is 13.5. The second kappa shape index (κ2) is 16.0. The molecule has 0 spiro atoms. The van der Waals surface area contributed by atoms with Crippen molar-refractivity contribution in [2.45, 2.75) is 64.1 Å². The molecule has 5 N–H and O–H groups in total. The number of hydrazine groups is 1. The number of nitrogens with zero attached hydrogens (tertiary/aromatic N) is 1. The average Bonchev–Trinajstić information content (AvgIpc) is 2.80. The number of hydrogen-bond acceptors (Lipinski definition) is 7. The zero-order chi connectivity index (χ0) is 23.9. The topological polar surface area (TPSA) is 125 Å². The second-order valence-electron chi connectivity index (χ2n) is 7.93. The number of rotatable bonds is 17. The van der Waals surface area contributed by atoms with E-state index in [1.54, 1.807) is 6.92 Å². The molecular formula is C23H39N3O5S. The molecule has 182 valence electrons. The van der Waals surface area contributed by atoms with Crippen LogP contribution >= 0.6 is 12.6 Å². The Hall–Kier alpha value is -1.65. The Morgan fingerprint density at radius 3 is 2.47 bits per heavy atom. The van der Waals surface area contributed by atoms with E-state index < -0.39 is 29.9 Å². The minimum atomic E-state index is -1.23. The summed E-state index contributed by atoms with van der Waals surface area (Å²) in [5.74, 6) is -1.93. The quantitative estimate of drug-likeness (QED) is 0.135. The Morgan fingerprint density at radius 2 is 1.91 bits per heavy atom. The first-order valence-corrected chi connectivity index (χ1v) is 11.9. The van der Waals surface area contributed by atoms with Gasteiger partial charge in [-0.05, 0) is 12.0 Å². The van der Waals surface area contributed by atoms with Gasteiger partial charge in [0.15, 0.2) is 0 Å². The van der Waals surface area contributed by atoms with Gasteiger partial charge in [0.05, 0.1) is 12.0 Å². The molecule has 0 saturated carbocycles. The Kier molecular flexibility index (Phi) is 14.2. The summed E-state index contributed by atoms with van der Waals surface area (Å²) in [6.07, 6.45) is 3.54. The third-order valence-electron chi connectivity index (χ3n) is 5.26. The van der Waals surface area contributed by atoms with Crippen molar-refractivity contribution in [1.29, 1.82) is 0 Å². The number of carboxylic acid groups (broad SMARTS) is 1. The molecule has 1 rings (SSSR count). The first-order valence-electron chi connectivity index (χ1n) is 11.3. The van der Waals surface area contributed by atoms with Crippen LogP contribution in [0.4, 0.5) is 0 Å². The molecule has 0 fully saturated rings. The van der Waals surface area contributed by atoms with Gasteiger partial charge in [0.1, 0.15) is 6.04 Å². The number of aliphatic hydroxyl groups is 1. The molecule has 1 aromatic carbocycles. The van der Waals surface area contributed by atoms with E-state index in [1.807, 2.05) is 30.3 Å². The van der Waals surface area contributed by atoms with Gasteiger partial charge in [-0.15, -0.1) is 0 Å². The number of thiol groups is 1. The monoisotopic (exact) mass is 469 g/mol. The number of nitrogens with one attached hydrogen (secondary N) is 1. The number of ether oxygens (including phenoxy) is 1. The Morgan fingerprint density at radius 1 is 1.22 bits per heavy atom. The molecule has 0 bridgehead atoms. The number of carbonyl (C=O) groups excluding carboxylic acids is 1. The van der Waals surface area contributed by atoms with Gasteiger partial charge in [0.2, 0.25) is 5.91 Å². The van der Waals surface area contributed by atoms with Crippen molar-refractivity contribution in [2.24, 2.45) is 11.7 Å². The fourth-order valence-electron chi connectivity index (χ4n) is 3.37. The van der Waals surface area contributed by atoms with Crippen LogP contribution in [0.3, 0.4) is 0 Å². The van der Waals surface area contributed by atoms with E-state index in [-0.39, 0.29) is 25.6 Å². The van der Waals surface area contributed by atoms with Crippen LogP contribution in [-0.2, 0) is 14.3 Å². The van der Waals surface area contributed by atoms with Crippen molar-refractivity contribution in [3.8, 4) is 0 Å². The maximum Gasteiger partial charge on any atom is 0.328 e. The third-order valence-corrected chi connectivity index (χ3v) is 5.73. The predicted octanol–water partition coefficient (Wildman–Crippen LogP) is 2.39. The molecule has 0 saturated heterocycles. The van der Waals surface area contributed by atoms with Gasteiger partial charge in [-0.25, -0.2) is 10.2 Å². The third kappa shape index (κ3) is 9.46. The highest BCUT2D eigenvalue weighted by molar-refractivity contribution is 7.80. The number of unbranched alkanes of at least 4 members (excludes halogenated alkanes) is 3. The van der Waals surface area contributed by atoms with Crippen molar-refractivity contribution >= 4 is 24.5 Å². The van der Waals surface area contributed by atoms with E-state index in [9.17, 15) is 19.8 Å². The number of aliphatic hydroxyl groups excluding tert-OH is 1. The molecule has 0 heterocycles. The maximum absolute atomic E-state index is 13.5. The van der Waals surface area contributed by atoms with Gasteiger partial charge in [0.25, 0.3) is 0 Å². The number of carbonyl (C=O) groups is 2. The summed E-state index contributed by atoms with van der Waals surface area (Å²) in [6, 6.07) is 7.86. The highest BCUT2D eigenvalue weighted by Gasteiger charge is 2.36. The zero-order valence-electron chi connectivity index (χ0n) is 19.2. The fourth-order valence-corrected chi connectivity index (χ4v) is 3.50. The smallest absolute Gasteiger partial charge is 0.328 e. The molecule has 9 heteroatoms. The summed E-state index contributed by atoms with van der Waals surface area (Å²) in [7, 11) is 0. The first kappa shape index (κ1) is 28.4. The van der Waals surface area contributed by atoms with Crippen molar-refractivity contribution in [3.63, 3.8) is 0 Å². The lowest BCUT2D eigenvalue weighted by Crippen LogP contribution is -2.57. The van der Waals surface area contributed by atoms with E-state index in [4.69, 9.17) is 10.5 Å². The van der Waals surface area contributed by atoms with Gasteiger partial charge in [-0.2, -0.15) is 12.6 Å². The summed E-state index contributed by atoms with van der Waals surface area (Å²) in [6.45, 7) is 4.18. The Labute approximate surface area is 196 Å². The molecule has 1 amide bonds. The van der Waals surface area contributed by atoms with Crippen molar-refractivity contribution < 1.29 is 24.5 Å². The summed E-state index contributed by atoms with van der Waals surface area (Å²) in [5, 5.41) is 20.1.